The molecule has 2 rings (SSSR count). The lowest BCUT2D eigenvalue weighted by molar-refractivity contribution is -0.130. The topological polar surface area (TPSA) is 66.5 Å². The molecule has 0 aromatic carbocycles. The number of hydrogen-bond donors (Lipinski definition) is 1. The Balaban J connectivity index is 2.08. The van der Waals surface area contributed by atoms with Crippen molar-refractivity contribution < 1.29 is 13.2 Å². The van der Waals surface area contributed by atoms with E-state index in [9.17, 15) is 13.2 Å². The summed E-state index contributed by atoms with van der Waals surface area (Å²) in [5, 5.41) is 2.87. The Kier molecular flexibility index (Phi) is 3.69. The van der Waals surface area contributed by atoms with E-state index < -0.39 is 9.84 Å². The number of nitrogens with one attached hydrogen (secondary N) is 1. The zero-order valence-electron chi connectivity index (χ0n) is 11.2. The maximum Gasteiger partial charge on any atom is 0.241 e. The monoisotopic (exact) mass is 274 g/mol. The summed E-state index contributed by atoms with van der Waals surface area (Å²) in [6.07, 6.45) is 1.34. The van der Waals surface area contributed by atoms with Crippen LogP contribution in [0.15, 0.2) is 0 Å². The number of nitrogens with zero attached hydrogens (tertiary/aromatic N) is 1. The van der Waals surface area contributed by atoms with Crippen LogP contribution < -0.4 is 5.32 Å². The second-order valence-corrected chi connectivity index (χ2v) is 8.09. The lowest BCUT2D eigenvalue weighted by atomic mass is 10.1. The van der Waals surface area contributed by atoms with Crippen LogP contribution in [0.3, 0.4) is 0 Å². The van der Waals surface area contributed by atoms with Gasteiger partial charge in [0.15, 0.2) is 9.84 Å². The number of carbonyl (C=O) groups excluding carboxylic acids is 1. The highest BCUT2D eigenvalue weighted by Crippen LogP contribution is 2.24. The van der Waals surface area contributed by atoms with Crippen molar-refractivity contribution in [2.24, 2.45) is 5.92 Å². The maximum atomic E-state index is 12.2. The fraction of sp³-hybridized carbons (Fsp3) is 0.917. The Morgan fingerprint density at radius 1 is 1.44 bits per heavy atom. The van der Waals surface area contributed by atoms with Crippen molar-refractivity contribution in [3.63, 3.8) is 0 Å². The van der Waals surface area contributed by atoms with Gasteiger partial charge in [-0.15, -0.1) is 0 Å². The molecule has 0 aliphatic carbocycles. The molecule has 2 fully saturated rings. The molecule has 1 amide bonds. The van der Waals surface area contributed by atoms with Crippen LogP contribution in [-0.4, -0.2) is 49.0 Å². The molecular formula is C12H22N2O3S. The standard InChI is InChI=1S/C12H22N2O3S/c1-8(2)11-12(15)14(9(3)13-11)7-10-5-4-6-18(10,16)17/h8-11,13H,4-7H2,1-3H3. The van der Waals surface area contributed by atoms with Gasteiger partial charge in [0, 0.05) is 6.54 Å². The summed E-state index contributed by atoms with van der Waals surface area (Å²) in [4.78, 5) is 13.9. The van der Waals surface area contributed by atoms with Crippen molar-refractivity contribution >= 4 is 15.7 Å². The van der Waals surface area contributed by atoms with E-state index in [1.54, 1.807) is 4.90 Å². The van der Waals surface area contributed by atoms with Gasteiger partial charge in [-0.25, -0.2) is 8.42 Å². The van der Waals surface area contributed by atoms with Crippen LogP contribution in [-0.2, 0) is 14.6 Å². The molecule has 104 valence electrons. The summed E-state index contributed by atoms with van der Waals surface area (Å²) in [7, 11) is -2.98. The van der Waals surface area contributed by atoms with Gasteiger partial charge in [0.1, 0.15) is 0 Å². The normalized spacial score (nSPS) is 35.7. The van der Waals surface area contributed by atoms with Crippen molar-refractivity contribution in [1.29, 1.82) is 0 Å². The van der Waals surface area contributed by atoms with Gasteiger partial charge in [0.05, 0.1) is 23.2 Å². The number of amides is 1. The van der Waals surface area contributed by atoms with E-state index in [1.807, 2.05) is 20.8 Å². The molecule has 0 aromatic rings. The Labute approximate surface area is 109 Å². The number of carbonyl (C=O) groups is 1. The Bertz CT molecular complexity index is 433. The van der Waals surface area contributed by atoms with Crippen LogP contribution in [0.4, 0.5) is 0 Å². The fourth-order valence-corrected chi connectivity index (χ4v) is 4.61. The van der Waals surface area contributed by atoms with Crippen LogP contribution in [0.2, 0.25) is 0 Å². The molecule has 2 heterocycles. The second-order valence-electron chi connectivity index (χ2n) is 5.69. The Hall–Kier alpha value is -0.620. The SMILES string of the molecule is CC(C)C1NC(C)N(CC2CCCS2(=O)=O)C1=O. The maximum absolute atomic E-state index is 12.2. The summed E-state index contributed by atoms with van der Waals surface area (Å²) in [5.41, 5.74) is 0. The van der Waals surface area contributed by atoms with E-state index in [0.29, 0.717) is 13.0 Å². The molecule has 0 aromatic heterocycles. The highest BCUT2D eigenvalue weighted by molar-refractivity contribution is 7.92. The van der Waals surface area contributed by atoms with Crippen LogP contribution in [0.1, 0.15) is 33.6 Å². The molecule has 0 spiro atoms. The van der Waals surface area contributed by atoms with Crippen LogP contribution in [0.25, 0.3) is 0 Å². The minimum absolute atomic E-state index is 0.0413. The molecule has 18 heavy (non-hydrogen) atoms. The third kappa shape index (κ3) is 2.40. The molecule has 1 N–H and O–H groups in total. The number of rotatable bonds is 3. The highest BCUT2D eigenvalue weighted by atomic mass is 32.2. The quantitative estimate of drug-likeness (QED) is 0.807. The summed E-state index contributed by atoms with van der Waals surface area (Å²) in [5.74, 6) is 0.541. The Morgan fingerprint density at radius 2 is 2.11 bits per heavy atom. The van der Waals surface area contributed by atoms with E-state index in [-0.39, 0.29) is 35.0 Å². The number of sulfone groups is 1. The van der Waals surface area contributed by atoms with Gasteiger partial charge >= 0.3 is 0 Å². The smallest absolute Gasteiger partial charge is 0.241 e. The average molecular weight is 274 g/mol. The first kappa shape index (κ1) is 13.8. The lowest BCUT2D eigenvalue weighted by Crippen LogP contribution is -2.41. The van der Waals surface area contributed by atoms with Crippen molar-refractivity contribution in [3.8, 4) is 0 Å². The minimum Gasteiger partial charge on any atom is -0.325 e. The van der Waals surface area contributed by atoms with Crippen LogP contribution in [0, 0.1) is 5.92 Å². The highest BCUT2D eigenvalue weighted by Gasteiger charge is 2.42. The first-order valence-electron chi connectivity index (χ1n) is 6.61. The van der Waals surface area contributed by atoms with E-state index in [0.717, 1.165) is 6.42 Å². The third-order valence-electron chi connectivity index (χ3n) is 3.97. The van der Waals surface area contributed by atoms with Crippen LogP contribution in [0.5, 0.6) is 0 Å². The van der Waals surface area contributed by atoms with E-state index in [2.05, 4.69) is 5.32 Å². The summed E-state index contributed by atoms with van der Waals surface area (Å²) >= 11 is 0. The lowest BCUT2D eigenvalue weighted by Gasteiger charge is -2.24. The predicted octanol–water partition coefficient (Wildman–Crippen LogP) is 0.366. The number of hydrogen-bond acceptors (Lipinski definition) is 4. The third-order valence-corrected chi connectivity index (χ3v) is 6.23. The van der Waals surface area contributed by atoms with E-state index in [1.165, 1.54) is 0 Å². The van der Waals surface area contributed by atoms with Crippen LogP contribution >= 0.6 is 0 Å². The molecule has 2 saturated heterocycles. The summed E-state index contributed by atoms with van der Waals surface area (Å²) in [6.45, 7) is 6.26. The van der Waals surface area contributed by atoms with Crippen molar-refractivity contribution in [2.75, 3.05) is 12.3 Å². The van der Waals surface area contributed by atoms with Crippen molar-refractivity contribution in [2.45, 2.75) is 51.1 Å². The Morgan fingerprint density at radius 3 is 2.56 bits per heavy atom. The molecule has 3 atom stereocenters. The largest absolute Gasteiger partial charge is 0.325 e. The molecule has 2 aliphatic heterocycles. The first-order valence-corrected chi connectivity index (χ1v) is 8.32. The van der Waals surface area contributed by atoms with Gasteiger partial charge in [-0.05, 0) is 25.7 Å². The molecule has 5 nitrogen and oxygen atoms in total. The zero-order chi connectivity index (χ0) is 13.5. The second kappa shape index (κ2) is 4.81. The molecule has 0 bridgehead atoms. The van der Waals surface area contributed by atoms with E-state index in [4.69, 9.17) is 0 Å². The van der Waals surface area contributed by atoms with Gasteiger partial charge in [-0.2, -0.15) is 0 Å². The summed E-state index contributed by atoms with van der Waals surface area (Å²) < 4.78 is 23.6. The van der Waals surface area contributed by atoms with Crippen molar-refractivity contribution in [1.82, 2.24) is 10.2 Å². The minimum atomic E-state index is -2.98. The van der Waals surface area contributed by atoms with Gasteiger partial charge < -0.3 is 4.90 Å². The molecule has 0 saturated carbocycles. The molecule has 0 radical (unpaired) electrons. The fourth-order valence-electron chi connectivity index (χ4n) is 2.80. The van der Waals surface area contributed by atoms with Gasteiger partial charge in [-0.3, -0.25) is 10.1 Å². The molecule has 2 aliphatic rings. The predicted molar refractivity (Wildman–Crippen MR) is 69.7 cm³/mol. The molecular weight excluding hydrogens is 252 g/mol. The van der Waals surface area contributed by atoms with Gasteiger partial charge in [0.25, 0.3) is 0 Å². The first-order chi connectivity index (χ1) is 8.33. The van der Waals surface area contributed by atoms with Gasteiger partial charge in [0.2, 0.25) is 5.91 Å². The van der Waals surface area contributed by atoms with Crippen molar-refractivity contribution in [3.05, 3.63) is 0 Å². The van der Waals surface area contributed by atoms with E-state index >= 15 is 0 Å². The molecule has 3 unspecified atom stereocenters. The summed E-state index contributed by atoms with van der Waals surface area (Å²) in [6, 6.07) is -0.177. The zero-order valence-corrected chi connectivity index (χ0v) is 12.0. The van der Waals surface area contributed by atoms with Gasteiger partial charge in [-0.1, -0.05) is 13.8 Å². The molecule has 6 heteroatoms. The average Bonchev–Trinajstić information content (AvgIpc) is 2.73.